The van der Waals surface area contributed by atoms with Crippen LogP contribution in [0.4, 0.5) is 10.1 Å². The van der Waals surface area contributed by atoms with Crippen LogP contribution in [-0.2, 0) is 6.54 Å². The van der Waals surface area contributed by atoms with E-state index in [1.807, 2.05) is 35.8 Å². The van der Waals surface area contributed by atoms with E-state index in [1.54, 1.807) is 30.6 Å². The van der Waals surface area contributed by atoms with Crippen LogP contribution >= 0.6 is 12.2 Å². The van der Waals surface area contributed by atoms with Crippen LogP contribution in [-0.4, -0.2) is 20.4 Å². The second-order valence-corrected chi connectivity index (χ2v) is 7.42. The molecule has 0 saturated carbocycles. The third-order valence-electron chi connectivity index (χ3n) is 4.98. The number of hydrogen-bond acceptors (Lipinski definition) is 3. The summed E-state index contributed by atoms with van der Waals surface area (Å²) in [6.07, 6.45) is 3.21. The van der Waals surface area contributed by atoms with Crippen molar-refractivity contribution in [2.24, 2.45) is 5.73 Å². The number of halogens is 1. The van der Waals surface area contributed by atoms with E-state index in [0.717, 1.165) is 16.6 Å². The lowest BCUT2D eigenvalue weighted by molar-refractivity contribution is 0.101. The van der Waals surface area contributed by atoms with Gasteiger partial charge in [-0.3, -0.25) is 9.78 Å². The van der Waals surface area contributed by atoms with Crippen LogP contribution in [0.15, 0.2) is 67.0 Å². The molecule has 7 heteroatoms. The highest BCUT2D eigenvalue weighted by Crippen LogP contribution is 2.28. The summed E-state index contributed by atoms with van der Waals surface area (Å²) in [6.45, 7) is 2.23. The Labute approximate surface area is 178 Å². The minimum Gasteiger partial charge on any atom is -0.389 e. The summed E-state index contributed by atoms with van der Waals surface area (Å²) in [6, 6.07) is 15.5. The average Bonchev–Trinajstić information content (AvgIpc) is 3.00. The van der Waals surface area contributed by atoms with Crippen molar-refractivity contribution < 1.29 is 9.18 Å². The molecule has 2 aromatic heterocycles. The van der Waals surface area contributed by atoms with Gasteiger partial charge in [0.1, 0.15) is 16.5 Å². The fourth-order valence-corrected chi connectivity index (χ4v) is 3.71. The molecule has 5 nitrogen and oxygen atoms in total. The molecule has 0 fully saturated rings. The summed E-state index contributed by atoms with van der Waals surface area (Å²) in [5, 5.41) is 3.59. The molecule has 2 heterocycles. The number of thiocarbonyl (C=S) groups is 1. The number of fused-ring (bicyclic) bond motifs is 1. The van der Waals surface area contributed by atoms with Crippen molar-refractivity contribution in [3.8, 4) is 0 Å². The molecule has 4 rings (SSSR count). The summed E-state index contributed by atoms with van der Waals surface area (Å²) in [5.74, 6) is -0.625. The number of nitrogens with two attached hydrogens (primary N) is 1. The number of rotatable bonds is 5. The van der Waals surface area contributed by atoms with E-state index in [2.05, 4.69) is 10.3 Å². The molecule has 150 valence electrons. The van der Waals surface area contributed by atoms with Gasteiger partial charge in [-0.15, -0.1) is 0 Å². The van der Waals surface area contributed by atoms with Crippen LogP contribution in [0.1, 0.15) is 27.2 Å². The van der Waals surface area contributed by atoms with E-state index in [0.29, 0.717) is 33.9 Å². The first-order chi connectivity index (χ1) is 14.4. The standard InChI is InChI=1S/C23H19FN4OS/c1-14-19-12-17(24)5-6-20(19)28(13-15-3-2-4-16(11-15)22(25)30)21(14)23(29)27-18-7-9-26-10-8-18/h2-12H,13H2,1H3,(H2,25,30)(H,26,27,29). The first-order valence-corrected chi connectivity index (χ1v) is 9.73. The lowest BCUT2D eigenvalue weighted by Gasteiger charge is -2.13. The zero-order valence-electron chi connectivity index (χ0n) is 16.2. The molecule has 0 radical (unpaired) electrons. The second kappa shape index (κ2) is 8.04. The molecule has 3 N–H and O–H groups in total. The molecular formula is C23H19FN4OS. The Kier molecular flexibility index (Phi) is 5.29. The summed E-state index contributed by atoms with van der Waals surface area (Å²) < 4.78 is 15.8. The van der Waals surface area contributed by atoms with Crippen molar-refractivity contribution in [1.82, 2.24) is 9.55 Å². The van der Waals surface area contributed by atoms with Crippen LogP contribution in [0.3, 0.4) is 0 Å². The predicted octanol–water partition coefficient (Wildman–Crippen LogP) is 4.42. The van der Waals surface area contributed by atoms with Crippen LogP contribution < -0.4 is 11.1 Å². The molecule has 0 bridgehead atoms. The fourth-order valence-electron chi connectivity index (χ4n) is 3.58. The molecule has 0 unspecified atom stereocenters. The Morgan fingerprint density at radius 1 is 1.17 bits per heavy atom. The third-order valence-corrected chi connectivity index (χ3v) is 5.22. The summed E-state index contributed by atoms with van der Waals surface area (Å²) in [5.41, 5.74) is 10.0. The SMILES string of the molecule is Cc1c(C(=O)Nc2ccncc2)n(Cc2cccc(C(N)=S)c2)c2ccc(F)cc12. The van der Waals surface area contributed by atoms with Gasteiger partial charge in [-0.05, 0) is 54.4 Å². The molecule has 1 amide bonds. The van der Waals surface area contributed by atoms with Gasteiger partial charge in [-0.25, -0.2) is 4.39 Å². The number of anilines is 1. The lowest BCUT2D eigenvalue weighted by Crippen LogP contribution is -2.19. The van der Waals surface area contributed by atoms with E-state index < -0.39 is 0 Å². The van der Waals surface area contributed by atoms with Gasteiger partial charge in [0.25, 0.3) is 5.91 Å². The van der Waals surface area contributed by atoms with Crippen molar-refractivity contribution in [2.45, 2.75) is 13.5 Å². The van der Waals surface area contributed by atoms with E-state index in [4.69, 9.17) is 18.0 Å². The number of aryl methyl sites for hydroxylation is 1. The van der Waals surface area contributed by atoms with E-state index in [-0.39, 0.29) is 11.7 Å². The fraction of sp³-hybridized carbons (Fsp3) is 0.0870. The number of benzene rings is 2. The van der Waals surface area contributed by atoms with Gasteiger partial charge in [0.05, 0.1) is 0 Å². The van der Waals surface area contributed by atoms with E-state index in [1.165, 1.54) is 12.1 Å². The van der Waals surface area contributed by atoms with Crippen molar-refractivity contribution >= 4 is 39.7 Å². The molecule has 4 aromatic rings. The minimum atomic E-state index is -0.348. The quantitative estimate of drug-likeness (QED) is 0.471. The van der Waals surface area contributed by atoms with Crippen molar-refractivity contribution in [3.05, 3.63) is 95.2 Å². The zero-order chi connectivity index (χ0) is 21.3. The number of amides is 1. The average molecular weight is 418 g/mol. The van der Waals surface area contributed by atoms with E-state index in [9.17, 15) is 9.18 Å². The van der Waals surface area contributed by atoms with Gasteiger partial charge in [-0.1, -0.05) is 30.4 Å². The molecule has 0 saturated heterocycles. The highest BCUT2D eigenvalue weighted by atomic mass is 32.1. The van der Waals surface area contributed by atoms with Crippen LogP contribution in [0.2, 0.25) is 0 Å². The highest BCUT2D eigenvalue weighted by molar-refractivity contribution is 7.80. The topological polar surface area (TPSA) is 72.9 Å². The normalized spacial score (nSPS) is 10.9. The Balaban J connectivity index is 1.82. The summed E-state index contributed by atoms with van der Waals surface area (Å²) >= 11 is 5.08. The molecule has 30 heavy (non-hydrogen) atoms. The first kappa shape index (κ1) is 19.7. The molecular weight excluding hydrogens is 399 g/mol. The van der Waals surface area contributed by atoms with E-state index >= 15 is 0 Å². The van der Waals surface area contributed by atoms with Crippen molar-refractivity contribution in [3.63, 3.8) is 0 Å². The Bertz CT molecular complexity index is 1270. The smallest absolute Gasteiger partial charge is 0.272 e. The second-order valence-electron chi connectivity index (χ2n) is 6.98. The predicted molar refractivity (Wildman–Crippen MR) is 120 cm³/mol. The van der Waals surface area contributed by atoms with Crippen molar-refractivity contribution in [1.29, 1.82) is 0 Å². The monoisotopic (exact) mass is 418 g/mol. The van der Waals surface area contributed by atoms with Crippen LogP contribution in [0.25, 0.3) is 10.9 Å². The number of aromatic nitrogens is 2. The first-order valence-electron chi connectivity index (χ1n) is 9.32. The van der Waals surface area contributed by atoms with Crippen molar-refractivity contribution in [2.75, 3.05) is 5.32 Å². The van der Waals surface area contributed by atoms with Gasteiger partial charge < -0.3 is 15.6 Å². The zero-order valence-corrected chi connectivity index (χ0v) is 17.0. The van der Waals surface area contributed by atoms with Gasteiger partial charge in [-0.2, -0.15) is 0 Å². The largest absolute Gasteiger partial charge is 0.389 e. The maximum atomic E-state index is 13.9. The number of carbonyl (C=O) groups excluding carboxylic acids is 1. The van der Waals surface area contributed by atoms with Crippen LogP contribution in [0.5, 0.6) is 0 Å². The van der Waals surface area contributed by atoms with Gasteiger partial charge in [0, 0.05) is 41.1 Å². The Morgan fingerprint density at radius 2 is 1.93 bits per heavy atom. The highest BCUT2D eigenvalue weighted by Gasteiger charge is 2.21. The number of nitrogens with one attached hydrogen (secondary N) is 1. The number of carbonyl (C=O) groups is 1. The van der Waals surface area contributed by atoms with Gasteiger partial charge in [0.15, 0.2) is 0 Å². The summed E-state index contributed by atoms with van der Waals surface area (Å²) in [7, 11) is 0. The number of nitrogens with zero attached hydrogens (tertiary/aromatic N) is 2. The molecule has 2 aromatic carbocycles. The Hall–Kier alpha value is -3.58. The molecule has 0 aliphatic carbocycles. The Morgan fingerprint density at radius 3 is 2.67 bits per heavy atom. The lowest BCUT2D eigenvalue weighted by atomic mass is 10.1. The molecule has 0 aliphatic heterocycles. The molecule has 0 aliphatic rings. The molecule has 0 atom stereocenters. The maximum Gasteiger partial charge on any atom is 0.272 e. The maximum absolute atomic E-state index is 13.9. The van der Waals surface area contributed by atoms with Crippen LogP contribution in [0, 0.1) is 12.7 Å². The van der Waals surface area contributed by atoms with Gasteiger partial charge >= 0.3 is 0 Å². The minimum absolute atomic E-state index is 0.277. The number of pyridine rings is 1. The number of hydrogen-bond donors (Lipinski definition) is 2. The molecule has 0 spiro atoms. The van der Waals surface area contributed by atoms with Gasteiger partial charge in [0.2, 0.25) is 0 Å². The summed E-state index contributed by atoms with van der Waals surface area (Å²) in [4.78, 5) is 17.5. The third kappa shape index (κ3) is 3.79.